The van der Waals surface area contributed by atoms with Gasteiger partial charge in [0.25, 0.3) is 0 Å². The molecule has 16 nitrogen and oxygen atoms in total. The highest BCUT2D eigenvalue weighted by Gasteiger charge is 2.45. The van der Waals surface area contributed by atoms with Gasteiger partial charge in [-0.2, -0.15) is 5.10 Å². The van der Waals surface area contributed by atoms with E-state index in [1.807, 2.05) is 80.7 Å². The number of nitrogens with zero attached hydrogens (tertiary/aromatic N) is 6. The van der Waals surface area contributed by atoms with Gasteiger partial charge in [-0.15, -0.1) is 11.3 Å². The highest BCUT2D eigenvalue weighted by Crippen LogP contribution is 2.47. The van der Waals surface area contributed by atoms with Crippen LogP contribution >= 0.6 is 22.9 Å². The molecule has 3 fully saturated rings. The zero-order valence-electron chi connectivity index (χ0n) is 45.8. The van der Waals surface area contributed by atoms with Gasteiger partial charge in [-0.1, -0.05) is 80.9 Å². The van der Waals surface area contributed by atoms with Crippen LogP contribution in [0, 0.1) is 23.7 Å². The molecule has 2 aliphatic heterocycles. The van der Waals surface area contributed by atoms with Crippen molar-refractivity contribution in [1.82, 2.24) is 24.6 Å². The zero-order chi connectivity index (χ0) is 55.1. The average Bonchev–Trinajstić information content (AvgIpc) is 4.35. The maximum atomic E-state index is 14.1. The minimum Gasteiger partial charge on any atom is -0.391 e. The van der Waals surface area contributed by atoms with Crippen LogP contribution in [0.25, 0.3) is 32.7 Å². The van der Waals surface area contributed by atoms with Crippen molar-refractivity contribution in [2.24, 2.45) is 16.7 Å². The Balaban J connectivity index is 0.633. The summed E-state index contributed by atoms with van der Waals surface area (Å²) in [5.41, 5.74) is 9.32. The van der Waals surface area contributed by atoms with Crippen LogP contribution in [0.2, 0.25) is 5.02 Å². The maximum absolute atomic E-state index is 14.1. The molecule has 5 aromatic rings. The summed E-state index contributed by atoms with van der Waals surface area (Å²) in [6.45, 7) is 14.0. The second-order valence-electron chi connectivity index (χ2n) is 21.9. The number of aliphatic hydroxyl groups is 1. The molecule has 8 rings (SSSR count). The van der Waals surface area contributed by atoms with Crippen LogP contribution in [0.3, 0.4) is 0 Å². The summed E-state index contributed by atoms with van der Waals surface area (Å²) in [5.74, 6) is -0.659. The highest BCUT2D eigenvalue weighted by atomic mass is 35.5. The molecule has 1 spiro atoms. The largest absolute Gasteiger partial charge is 0.391 e. The lowest BCUT2D eigenvalue weighted by Crippen LogP contribution is -2.47. The Bertz CT molecular complexity index is 2750. The Labute approximate surface area is 468 Å². The van der Waals surface area contributed by atoms with Crippen LogP contribution < -0.4 is 4.90 Å². The van der Waals surface area contributed by atoms with Crippen molar-refractivity contribution in [3.8, 4) is 32.7 Å². The first-order valence-electron chi connectivity index (χ1n) is 27.7. The molecule has 78 heavy (non-hydrogen) atoms. The first kappa shape index (κ1) is 58.9. The number of benzene rings is 2. The molecule has 1 aliphatic carbocycles. The summed E-state index contributed by atoms with van der Waals surface area (Å²) >= 11 is 8.37. The van der Waals surface area contributed by atoms with Gasteiger partial charge >= 0.3 is 0 Å². The lowest BCUT2D eigenvalue weighted by molar-refractivity contribution is -0.146. The van der Waals surface area contributed by atoms with Crippen LogP contribution in [0.1, 0.15) is 89.8 Å². The smallest absolute Gasteiger partial charge is 0.227 e. The van der Waals surface area contributed by atoms with Gasteiger partial charge in [0.05, 0.1) is 118 Å². The summed E-state index contributed by atoms with van der Waals surface area (Å²) in [5, 5.41) is 15.8. The van der Waals surface area contributed by atoms with Gasteiger partial charge in [-0.3, -0.25) is 28.8 Å². The summed E-state index contributed by atoms with van der Waals surface area (Å²) in [6, 6.07) is 15.8. The molecule has 1 saturated carbocycles. The molecule has 2 aromatic carbocycles. The maximum Gasteiger partial charge on any atom is 0.227 e. The molecule has 3 atom stereocenters. The topological polar surface area (TPSA) is 185 Å². The first-order valence-corrected chi connectivity index (χ1v) is 28.9. The fourth-order valence-corrected chi connectivity index (χ4v) is 12.0. The zero-order valence-corrected chi connectivity index (χ0v) is 47.4. The Morgan fingerprint density at radius 1 is 0.795 bits per heavy atom. The van der Waals surface area contributed by atoms with Crippen molar-refractivity contribution in [2.75, 3.05) is 90.6 Å². The van der Waals surface area contributed by atoms with Gasteiger partial charge in [0.1, 0.15) is 11.6 Å². The molecule has 18 heteroatoms. The Morgan fingerprint density at radius 2 is 1.42 bits per heavy atom. The second-order valence-corrected chi connectivity index (χ2v) is 23.2. The minimum atomic E-state index is -0.795. The lowest BCUT2D eigenvalue weighted by Gasteiger charge is -2.40. The summed E-state index contributed by atoms with van der Waals surface area (Å²) in [6.07, 6.45) is 12.3. The first-order chi connectivity index (χ1) is 37.7. The third-order valence-corrected chi connectivity index (χ3v) is 16.8. The van der Waals surface area contributed by atoms with E-state index < -0.39 is 23.5 Å². The predicted octanol–water partition coefficient (Wildman–Crippen LogP) is 9.30. The van der Waals surface area contributed by atoms with E-state index >= 15 is 0 Å². The summed E-state index contributed by atoms with van der Waals surface area (Å²) < 4.78 is 30.2. The molecule has 1 amide bonds. The third-order valence-electron chi connectivity index (χ3n) is 15.5. The van der Waals surface area contributed by atoms with E-state index in [1.165, 1.54) is 4.90 Å². The number of carbonyl (C=O) groups is 4. The van der Waals surface area contributed by atoms with E-state index in [4.69, 9.17) is 35.3 Å². The summed E-state index contributed by atoms with van der Waals surface area (Å²) in [7, 11) is 0. The molecular weight excluding hydrogens is 1030 g/mol. The predicted molar refractivity (Wildman–Crippen MR) is 302 cm³/mol. The standard InChI is InChI=1S/C60H77ClN6O10S/c1-42-57(78-41-63-42)46-10-7-43(8-11-46)9-16-54(70)53-35-49(69)40-67(53)58(72)51(59(2,3)4)34-48(68)17-24-73-26-28-75-30-32-77-33-31-76-29-27-74-25-23-66-39-47(36-64-66)44-12-14-45(15-13-44)50-37-62-38-52(61)56(50)65-21-19-60(20-22-65)18-5-6-55(60)71/h7-8,10-15,36-39,41,49,51,53,69H,5-6,9,16-35,40H2,1-4H3/t49-,51?,53+/m1/s1. The van der Waals surface area contributed by atoms with Crippen LogP contribution in [0.4, 0.5) is 5.69 Å². The third kappa shape index (κ3) is 15.8. The van der Waals surface area contributed by atoms with E-state index in [0.717, 1.165) is 94.8 Å². The lowest BCUT2D eigenvalue weighted by atomic mass is 9.76. The van der Waals surface area contributed by atoms with E-state index in [9.17, 15) is 24.3 Å². The number of pyridine rings is 1. The Hall–Kier alpha value is -5.24. The van der Waals surface area contributed by atoms with Crippen molar-refractivity contribution in [3.05, 3.63) is 95.1 Å². The number of ketones is 3. The van der Waals surface area contributed by atoms with Crippen LogP contribution in [0.15, 0.2) is 78.8 Å². The fraction of sp³-hybridized carbons (Fsp3) is 0.550. The molecule has 5 heterocycles. The van der Waals surface area contributed by atoms with Crippen molar-refractivity contribution in [3.63, 3.8) is 0 Å². The number of β-amino-alcohol motifs (C(OH)–C–C–N with tert-alkyl or cyclic N) is 1. The van der Waals surface area contributed by atoms with Gasteiger partial charge in [-0.05, 0) is 66.7 Å². The number of hydrogen-bond donors (Lipinski definition) is 1. The van der Waals surface area contributed by atoms with Crippen molar-refractivity contribution in [1.29, 1.82) is 0 Å². The molecule has 1 unspecified atom stereocenters. The molecule has 0 bridgehead atoms. The van der Waals surface area contributed by atoms with Crippen LogP contribution in [-0.2, 0) is 55.8 Å². The molecule has 0 radical (unpaired) electrons. The highest BCUT2D eigenvalue weighted by molar-refractivity contribution is 7.13. The number of piperidine rings is 1. The van der Waals surface area contributed by atoms with Crippen LogP contribution in [-0.4, -0.2) is 151 Å². The number of Topliss-reactive ketones (excluding diaryl/α,β-unsaturated/α-hetero) is 3. The number of hydrogen-bond acceptors (Lipinski definition) is 15. The number of rotatable bonds is 29. The van der Waals surface area contributed by atoms with E-state index in [1.54, 1.807) is 17.5 Å². The number of likely N-dealkylation sites (tertiary alicyclic amines) is 1. The number of aromatic nitrogens is 4. The van der Waals surface area contributed by atoms with Gasteiger partial charge in [0.2, 0.25) is 5.91 Å². The number of aliphatic hydroxyl groups excluding tert-OH is 1. The number of aryl methyl sites for hydroxylation is 2. The van der Waals surface area contributed by atoms with Gasteiger partial charge in [0.15, 0.2) is 5.78 Å². The van der Waals surface area contributed by atoms with Gasteiger partial charge in [-0.25, -0.2) is 4.98 Å². The van der Waals surface area contributed by atoms with Crippen molar-refractivity contribution >= 4 is 51.9 Å². The van der Waals surface area contributed by atoms with E-state index in [-0.39, 0.29) is 61.7 Å². The van der Waals surface area contributed by atoms with Crippen molar-refractivity contribution < 1.29 is 48.0 Å². The molecule has 2 saturated heterocycles. The molecular formula is C60H77ClN6O10S. The molecule has 1 N–H and O–H groups in total. The summed E-state index contributed by atoms with van der Waals surface area (Å²) in [4.78, 5) is 67.2. The SMILES string of the molecule is Cc1ncsc1-c1ccc(CCC(=O)[C@@H]2C[C@@H](O)CN2C(=O)C(CC(=O)CCOCCOCCOCCOCCOCCn2cc(-c3ccc(-c4cncc(Cl)c4N4CCC5(CCCC5=O)CC4)cc3)cn2)C(C)(C)C)cc1. The fourth-order valence-electron chi connectivity index (χ4n) is 10.9. The molecule has 420 valence electrons. The average molecular weight is 1110 g/mol. The van der Waals surface area contributed by atoms with E-state index in [0.29, 0.717) is 83.2 Å². The number of amides is 1. The number of halogens is 1. The van der Waals surface area contributed by atoms with Crippen LogP contribution in [0.5, 0.6) is 0 Å². The van der Waals surface area contributed by atoms with Crippen molar-refractivity contribution in [2.45, 2.75) is 111 Å². The second kappa shape index (κ2) is 28.3. The monoisotopic (exact) mass is 1110 g/mol. The molecule has 3 aromatic heterocycles. The number of ether oxygens (including phenoxy) is 5. The quantitative estimate of drug-likeness (QED) is 0.0447. The van der Waals surface area contributed by atoms with Gasteiger partial charge < -0.3 is 38.6 Å². The Morgan fingerprint density at radius 3 is 2.04 bits per heavy atom. The van der Waals surface area contributed by atoms with Gasteiger partial charge in [0, 0.05) is 92.8 Å². The van der Waals surface area contributed by atoms with E-state index in [2.05, 4.69) is 44.2 Å². The number of anilines is 1. The molecule has 3 aliphatic rings. The number of thiazole rings is 1. The minimum absolute atomic E-state index is 0.0281. The Kier molecular flexibility index (Phi) is 21.3. The number of carbonyl (C=O) groups excluding carboxylic acids is 4. The normalized spacial score (nSPS) is 17.8.